The molecule has 2 amide bonds. The zero-order chi connectivity index (χ0) is 15.5. The number of methoxy groups -OCH3 is 1. The molecule has 5 nitrogen and oxygen atoms in total. The summed E-state index contributed by atoms with van der Waals surface area (Å²) in [7, 11) is 1.67. The van der Waals surface area contributed by atoms with Crippen molar-refractivity contribution >= 4 is 11.8 Å². The highest BCUT2D eigenvalue weighted by Crippen LogP contribution is 2.36. The van der Waals surface area contributed by atoms with Gasteiger partial charge in [0.25, 0.3) is 0 Å². The lowest BCUT2D eigenvalue weighted by molar-refractivity contribution is -0.138. The van der Waals surface area contributed by atoms with Crippen molar-refractivity contribution in [2.24, 2.45) is 0 Å². The minimum Gasteiger partial charge on any atom is -0.497 e. The SMILES string of the molecule is COc1ccc2c(c1)CCC[C@H]2CC(=O)N1CCNC(=O)C1. The van der Waals surface area contributed by atoms with Crippen LogP contribution in [0.3, 0.4) is 0 Å². The van der Waals surface area contributed by atoms with Gasteiger partial charge in [0.15, 0.2) is 0 Å². The van der Waals surface area contributed by atoms with Crippen molar-refractivity contribution in [3.8, 4) is 5.75 Å². The Hall–Kier alpha value is -2.04. The summed E-state index contributed by atoms with van der Waals surface area (Å²) in [5.41, 5.74) is 2.56. The van der Waals surface area contributed by atoms with Crippen LogP contribution >= 0.6 is 0 Å². The minimum atomic E-state index is -0.0617. The maximum absolute atomic E-state index is 12.5. The van der Waals surface area contributed by atoms with E-state index in [1.807, 2.05) is 6.07 Å². The fourth-order valence-electron chi connectivity index (χ4n) is 3.42. The predicted molar refractivity (Wildman–Crippen MR) is 82.9 cm³/mol. The van der Waals surface area contributed by atoms with Crippen LogP contribution in [0.4, 0.5) is 0 Å². The van der Waals surface area contributed by atoms with Gasteiger partial charge in [-0.25, -0.2) is 0 Å². The second-order valence-electron chi connectivity index (χ2n) is 6.02. The molecule has 1 N–H and O–H groups in total. The van der Waals surface area contributed by atoms with Crippen molar-refractivity contribution in [2.75, 3.05) is 26.7 Å². The molecular formula is C17H22N2O3. The molecule has 1 heterocycles. The van der Waals surface area contributed by atoms with E-state index in [9.17, 15) is 9.59 Å². The van der Waals surface area contributed by atoms with Crippen LogP contribution in [-0.4, -0.2) is 43.5 Å². The van der Waals surface area contributed by atoms with E-state index >= 15 is 0 Å². The van der Waals surface area contributed by atoms with Gasteiger partial charge in [0.1, 0.15) is 5.75 Å². The van der Waals surface area contributed by atoms with Crippen LogP contribution in [0, 0.1) is 0 Å². The molecule has 0 radical (unpaired) electrons. The van der Waals surface area contributed by atoms with Gasteiger partial charge >= 0.3 is 0 Å². The lowest BCUT2D eigenvalue weighted by atomic mass is 9.80. The highest BCUT2D eigenvalue weighted by atomic mass is 16.5. The summed E-state index contributed by atoms with van der Waals surface area (Å²) in [6, 6.07) is 6.14. The summed E-state index contributed by atoms with van der Waals surface area (Å²) in [5.74, 6) is 1.16. The second-order valence-corrected chi connectivity index (χ2v) is 6.02. The van der Waals surface area contributed by atoms with Gasteiger partial charge in [0, 0.05) is 19.5 Å². The predicted octanol–water partition coefficient (Wildman–Crippen LogP) is 1.46. The minimum absolute atomic E-state index is 0.0617. The number of hydrogen-bond acceptors (Lipinski definition) is 3. The van der Waals surface area contributed by atoms with Crippen LogP contribution in [0.2, 0.25) is 0 Å². The first-order valence-electron chi connectivity index (χ1n) is 7.88. The van der Waals surface area contributed by atoms with Crippen molar-refractivity contribution in [2.45, 2.75) is 31.6 Å². The standard InChI is InChI=1S/C17H22N2O3/c1-22-14-5-6-15-12(9-14)3-2-4-13(15)10-17(21)19-8-7-18-16(20)11-19/h5-6,9,13H,2-4,7-8,10-11H2,1H3,(H,18,20)/t13-/m0/s1. The second kappa shape index (κ2) is 6.38. The summed E-state index contributed by atoms with van der Waals surface area (Å²) in [4.78, 5) is 25.6. The van der Waals surface area contributed by atoms with Crippen LogP contribution in [0.5, 0.6) is 5.75 Å². The molecule has 1 aliphatic heterocycles. The highest BCUT2D eigenvalue weighted by molar-refractivity contribution is 5.86. The zero-order valence-corrected chi connectivity index (χ0v) is 12.9. The van der Waals surface area contributed by atoms with Gasteiger partial charge in [-0.15, -0.1) is 0 Å². The Morgan fingerprint density at radius 3 is 3.09 bits per heavy atom. The molecule has 0 bridgehead atoms. The number of aryl methyl sites for hydroxylation is 1. The molecule has 0 saturated carbocycles. The summed E-state index contributed by atoms with van der Waals surface area (Å²) in [6.45, 7) is 1.37. The molecule has 1 aromatic carbocycles. The number of ether oxygens (including phenoxy) is 1. The van der Waals surface area contributed by atoms with Gasteiger partial charge in [0.05, 0.1) is 13.7 Å². The van der Waals surface area contributed by atoms with Gasteiger partial charge in [-0.3, -0.25) is 9.59 Å². The first-order chi connectivity index (χ1) is 10.7. The number of amides is 2. The van der Waals surface area contributed by atoms with E-state index in [1.165, 1.54) is 11.1 Å². The molecular weight excluding hydrogens is 280 g/mol. The number of benzene rings is 1. The molecule has 0 aromatic heterocycles. The first-order valence-corrected chi connectivity index (χ1v) is 7.88. The monoisotopic (exact) mass is 302 g/mol. The third-order valence-corrected chi connectivity index (χ3v) is 4.60. The number of fused-ring (bicyclic) bond motifs is 1. The topological polar surface area (TPSA) is 58.6 Å². The van der Waals surface area contributed by atoms with Crippen LogP contribution < -0.4 is 10.1 Å². The average molecular weight is 302 g/mol. The summed E-state index contributed by atoms with van der Waals surface area (Å²) in [5, 5.41) is 2.75. The molecule has 0 spiro atoms. The van der Waals surface area contributed by atoms with E-state index in [4.69, 9.17) is 4.74 Å². The van der Waals surface area contributed by atoms with Gasteiger partial charge in [-0.2, -0.15) is 0 Å². The maximum atomic E-state index is 12.5. The van der Waals surface area contributed by atoms with Gasteiger partial charge in [-0.1, -0.05) is 6.07 Å². The molecule has 22 heavy (non-hydrogen) atoms. The lowest BCUT2D eigenvalue weighted by Crippen LogP contribution is -2.50. The van der Waals surface area contributed by atoms with Crippen molar-refractivity contribution in [3.05, 3.63) is 29.3 Å². The van der Waals surface area contributed by atoms with Crippen LogP contribution in [0.15, 0.2) is 18.2 Å². The largest absolute Gasteiger partial charge is 0.497 e. The van der Waals surface area contributed by atoms with Crippen LogP contribution in [0.25, 0.3) is 0 Å². The van der Waals surface area contributed by atoms with Crippen molar-refractivity contribution in [1.29, 1.82) is 0 Å². The number of carbonyl (C=O) groups is 2. The van der Waals surface area contributed by atoms with E-state index in [2.05, 4.69) is 17.4 Å². The number of rotatable bonds is 3. The fraction of sp³-hybridized carbons (Fsp3) is 0.529. The molecule has 3 rings (SSSR count). The van der Waals surface area contributed by atoms with E-state index in [0.29, 0.717) is 19.5 Å². The van der Waals surface area contributed by atoms with Crippen LogP contribution in [0.1, 0.15) is 36.3 Å². The third kappa shape index (κ3) is 3.08. The zero-order valence-electron chi connectivity index (χ0n) is 12.9. The average Bonchev–Trinajstić information content (AvgIpc) is 2.54. The molecule has 1 aromatic rings. The summed E-state index contributed by atoms with van der Waals surface area (Å²) >= 11 is 0. The third-order valence-electron chi connectivity index (χ3n) is 4.60. The highest BCUT2D eigenvalue weighted by Gasteiger charge is 2.27. The molecule has 1 saturated heterocycles. The summed E-state index contributed by atoms with van der Waals surface area (Å²) < 4.78 is 5.28. The summed E-state index contributed by atoms with van der Waals surface area (Å²) in [6.07, 6.45) is 3.67. The lowest BCUT2D eigenvalue weighted by Gasteiger charge is -2.30. The Morgan fingerprint density at radius 1 is 1.45 bits per heavy atom. The van der Waals surface area contributed by atoms with E-state index < -0.39 is 0 Å². The first kappa shape index (κ1) is 14.9. The van der Waals surface area contributed by atoms with Crippen molar-refractivity contribution in [1.82, 2.24) is 10.2 Å². The van der Waals surface area contributed by atoms with E-state index in [-0.39, 0.29) is 24.3 Å². The number of nitrogens with one attached hydrogen (secondary N) is 1. The molecule has 0 unspecified atom stereocenters. The molecule has 1 atom stereocenters. The van der Waals surface area contributed by atoms with Crippen LogP contribution in [-0.2, 0) is 16.0 Å². The van der Waals surface area contributed by atoms with E-state index in [0.717, 1.165) is 25.0 Å². The molecule has 5 heteroatoms. The van der Waals surface area contributed by atoms with Gasteiger partial charge in [-0.05, 0) is 48.4 Å². The Morgan fingerprint density at radius 2 is 2.32 bits per heavy atom. The molecule has 1 fully saturated rings. The molecule has 2 aliphatic rings. The van der Waals surface area contributed by atoms with Gasteiger partial charge in [0.2, 0.25) is 11.8 Å². The number of carbonyl (C=O) groups excluding carboxylic acids is 2. The Balaban J connectivity index is 1.71. The van der Waals surface area contributed by atoms with Gasteiger partial charge < -0.3 is 15.0 Å². The smallest absolute Gasteiger partial charge is 0.239 e. The van der Waals surface area contributed by atoms with E-state index in [1.54, 1.807) is 12.0 Å². The van der Waals surface area contributed by atoms with Crippen molar-refractivity contribution in [3.63, 3.8) is 0 Å². The normalized spacial score (nSPS) is 21.0. The Labute approximate surface area is 130 Å². The molecule has 118 valence electrons. The number of nitrogens with zero attached hydrogens (tertiary/aromatic N) is 1. The maximum Gasteiger partial charge on any atom is 0.239 e. The Kier molecular flexibility index (Phi) is 4.32. The fourth-order valence-corrected chi connectivity index (χ4v) is 3.42. The Bertz CT molecular complexity index is 585. The molecule has 1 aliphatic carbocycles. The number of piperazine rings is 1. The quantitative estimate of drug-likeness (QED) is 0.919. The number of hydrogen-bond donors (Lipinski definition) is 1. The van der Waals surface area contributed by atoms with Crippen molar-refractivity contribution < 1.29 is 14.3 Å².